The molecule has 2 nitrogen and oxygen atoms in total. The molecule has 4 heteroatoms. The Balaban J connectivity index is 0.00000144. The number of aromatic nitrogens is 2. The molecule has 0 saturated heterocycles. The molecule has 0 spiro atoms. The minimum absolute atomic E-state index is 0. The fourth-order valence-corrected chi connectivity index (χ4v) is 2.33. The zero-order valence-corrected chi connectivity index (χ0v) is 11.5. The van der Waals surface area contributed by atoms with Gasteiger partial charge in [0.25, 0.3) is 0 Å². The molecule has 0 atom stereocenters. The van der Waals surface area contributed by atoms with Crippen LogP contribution in [0.5, 0.6) is 0 Å². The summed E-state index contributed by atoms with van der Waals surface area (Å²) in [6.45, 7) is 3.17. The summed E-state index contributed by atoms with van der Waals surface area (Å²) in [6.07, 6.45) is 6.88. The number of hydrogen-bond donors (Lipinski definition) is 0. The normalized spacial score (nSPS) is 9.94. The summed E-state index contributed by atoms with van der Waals surface area (Å²) < 4.78 is 2.12. The highest BCUT2D eigenvalue weighted by Gasteiger charge is 1.94. The van der Waals surface area contributed by atoms with Crippen molar-refractivity contribution in [3.05, 3.63) is 48.5 Å². The Morgan fingerprint density at radius 1 is 1.24 bits per heavy atom. The van der Waals surface area contributed by atoms with E-state index in [4.69, 9.17) is 0 Å². The second-order valence-corrected chi connectivity index (χ2v) is 4.98. The van der Waals surface area contributed by atoms with E-state index in [9.17, 15) is 0 Å². The first-order chi connectivity index (χ1) is 7.84. The molecular weight excluding hydrogens is 252 g/mol. The van der Waals surface area contributed by atoms with Crippen molar-refractivity contribution in [1.82, 2.24) is 9.55 Å². The summed E-state index contributed by atoms with van der Waals surface area (Å²) in [5, 5.41) is 0. The smallest absolute Gasteiger partial charge is 0.0945 e. The molecule has 2 rings (SSSR count). The van der Waals surface area contributed by atoms with E-state index in [2.05, 4.69) is 40.7 Å². The zero-order valence-electron chi connectivity index (χ0n) is 9.87. The van der Waals surface area contributed by atoms with Crippen LogP contribution in [0.1, 0.15) is 12.0 Å². The maximum absolute atomic E-state index is 4.02. The monoisotopic (exact) mass is 268 g/mol. The lowest BCUT2D eigenvalue weighted by atomic mass is 10.2. The Morgan fingerprint density at radius 2 is 2.00 bits per heavy atom. The lowest BCUT2D eigenvalue weighted by molar-refractivity contribution is 0.683. The Labute approximate surface area is 113 Å². The second-order valence-electron chi connectivity index (χ2n) is 3.82. The van der Waals surface area contributed by atoms with Gasteiger partial charge in [0, 0.05) is 23.8 Å². The lowest BCUT2D eigenvalue weighted by Crippen LogP contribution is -1.95. The molecule has 2 aromatic rings. The van der Waals surface area contributed by atoms with Crippen LogP contribution in [0.15, 0.2) is 47.9 Å². The third-order valence-corrected chi connectivity index (χ3v) is 3.51. The van der Waals surface area contributed by atoms with Gasteiger partial charge in [-0.25, -0.2) is 4.98 Å². The molecule has 0 aliphatic carbocycles. The third-order valence-electron chi connectivity index (χ3n) is 2.41. The predicted octanol–water partition coefficient (Wildman–Crippen LogP) is 3.80. The minimum atomic E-state index is 0. The van der Waals surface area contributed by atoms with Gasteiger partial charge in [-0.1, -0.05) is 17.7 Å². The minimum Gasteiger partial charge on any atom is -0.337 e. The average Bonchev–Trinajstić information content (AvgIpc) is 2.80. The molecule has 0 aliphatic heterocycles. The van der Waals surface area contributed by atoms with E-state index in [1.807, 2.05) is 30.5 Å². The molecule has 1 heterocycles. The summed E-state index contributed by atoms with van der Waals surface area (Å²) in [4.78, 5) is 5.38. The van der Waals surface area contributed by atoms with E-state index in [1.165, 1.54) is 16.9 Å². The summed E-state index contributed by atoms with van der Waals surface area (Å²) >= 11 is 1.92. The van der Waals surface area contributed by atoms with E-state index in [0.717, 1.165) is 12.3 Å². The fraction of sp³-hybridized carbons (Fsp3) is 0.308. The molecule has 1 aromatic heterocycles. The highest BCUT2D eigenvalue weighted by molar-refractivity contribution is 7.99. The number of halogens is 1. The van der Waals surface area contributed by atoms with Crippen LogP contribution in [0.3, 0.4) is 0 Å². The molecule has 17 heavy (non-hydrogen) atoms. The van der Waals surface area contributed by atoms with E-state index in [0.29, 0.717) is 0 Å². The molecule has 0 unspecified atom stereocenters. The van der Waals surface area contributed by atoms with Gasteiger partial charge in [-0.3, -0.25) is 0 Å². The Hall–Kier alpha value is -0.930. The van der Waals surface area contributed by atoms with Gasteiger partial charge in [0.05, 0.1) is 6.33 Å². The van der Waals surface area contributed by atoms with Gasteiger partial charge in [0.2, 0.25) is 0 Å². The number of hydrogen-bond acceptors (Lipinski definition) is 2. The van der Waals surface area contributed by atoms with Crippen LogP contribution in [0.2, 0.25) is 0 Å². The zero-order chi connectivity index (χ0) is 11.2. The van der Waals surface area contributed by atoms with Crippen molar-refractivity contribution in [2.45, 2.75) is 24.8 Å². The Morgan fingerprint density at radius 3 is 2.65 bits per heavy atom. The summed E-state index contributed by atoms with van der Waals surface area (Å²) in [6, 6.07) is 8.71. The first kappa shape index (κ1) is 14.1. The van der Waals surface area contributed by atoms with Crippen LogP contribution in [0.4, 0.5) is 0 Å². The maximum Gasteiger partial charge on any atom is 0.0945 e. The average molecular weight is 269 g/mol. The van der Waals surface area contributed by atoms with Gasteiger partial charge in [-0.05, 0) is 31.2 Å². The van der Waals surface area contributed by atoms with E-state index < -0.39 is 0 Å². The van der Waals surface area contributed by atoms with Gasteiger partial charge in [0.1, 0.15) is 0 Å². The molecule has 0 saturated carbocycles. The van der Waals surface area contributed by atoms with Gasteiger partial charge in [-0.2, -0.15) is 0 Å². The number of imidazole rings is 1. The summed E-state index contributed by atoms with van der Waals surface area (Å²) in [7, 11) is 0. The number of aryl methyl sites for hydroxylation is 2. The van der Waals surface area contributed by atoms with Crippen LogP contribution in [-0.2, 0) is 6.54 Å². The predicted molar refractivity (Wildman–Crippen MR) is 76.0 cm³/mol. The fourth-order valence-electron chi connectivity index (χ4n) is 1.49. The van der Waals surface area contributed by atoms with Gasteiger partial charge in [-0.15, -0.1) is 24.2 Å². The molecule has 0 bridgehead atoms. The van der Waals surface area contributed by atoms with E-state index in [-0.39, 0.29) is 12.4 Å². The highest BCUT2D eigenvalue weighted by Crippen LogP contribution is 2.19. The van der Waals surface area contributed by atoms with Crippen molar-refractivity contribution in [1.29, 1.82) is 0 Å². The number of nitrogens with zero attached hydrogens (tertiary/aromatic N) is 2. The third kappa shape index (κ3) is 4.84. The first-order valence-corrected chi connectivity index (χ1v) is 6.48. The maximum atomic E-state index is 4.02. The molecular formula is C13H17ClN2S. The summed E-state index contributed by atoms with van der Waals surface area (Å²) in [5.74, 6) is 1.15. The molecule has 92 valence electrons. The van der Waals surface area contributed by atoms with Crippen molar-refractivity contribution in [2.75, 3.05) is 5.75 Å². The van der Waals surface area contributed by atoms with Crippen molar-refractivity contribution in [3.63, 3.8) is 0 Å². The molecule has 0 N–H and O–H groups in total. The highest BCUT2D eigenvalue weighted by atomic mass is 35.5. The first-order valence-electron chi connectivity index (χ1n) is 5.50. The van der Waals surface area contributed by atoms with Gasteiger partial charge < -0.3 is 4.57 Å². The van der Waals surface area contributed by atoms with Crippen molar-refractivity contribution in [3.8, 4) is 0 Å². The van der Waals surface area contributed by atoms with E-state index in [1.54, 1.807) is 0 Å². The van der Waals surface area contributed by atoms with Crippen LogP contribution < -0.4 is 0 Å². The van der Waals surface area contributed by atoms with Crippen molar-refractivity contribution in [2.24, 2.45) is 0 Å². The molecule has 0 radical (unpaired) electrons. The number of rotatable bonds is 5. The summed E-state index contributed by atoms with van der Waals surface area (Å²) in [5.41, 5.74) is 1.32. The topological polar surface area (TPSA) is 17.8 Å². The van der Waals surface area contributed by atoms with Crippen LogP contribution >= 0.6 is 24.2 Å². The van der Waals surface area contributed by atoms with Crippen molar-refractivity contribution < 1.29 is 0 Å². The van der Waals surface area contributed by atoms with Crippen LogP contribution in [0, 0.1) is 6.92 Å². The number of thioether (sulfide) groups is 1. The number of benzene rings is 1. The Bertz CT molecular complexity index is 411. The lowest BCUT2D eigenvalue weighted by Gasteiger charge is -2.03. The Kier molecular flexibility index (Phi) is 6.16. The van der Waals surface area contributed by atoms with Crippen LogP contribution in [-0.4, -0.2) is 15.3 Å². The van der Waals surface area contributed by atoms with E-state index >= 15 is 0 Å². The molecule has 0 fully saturated rings. The molecule has 0 aliphatic rings. The standard InChI is InChI=1S/C13H16N2S.ClH/c1-12-3-5-13(6-4-12)16-10-2-8-15-9-7-14-11-15;/h3-7,9,11H,2,8,10H2,1H3;1H. The molecule has 1 aromatic carbocycles. The van der Waals surface area contributed by atoms with Gasteiger partial charge in [0.15, 0.2) is 0 Å². The second kappa shape index (κ2) is 7.41. The van der Waals surface area contributed by atoms with Crippen LogP contribution in [0.25, 0.3) is 0 Å². The van der Waals surface area contributed by atoms with Gasteiger partial charge >= 0.3 is 0 Å². The van der Waals surface area contributed by atoms with Crippen molar-refractivity contribution >= 4 is 24.2 Å². The largest absolute Gasteiger partial charge is 0.337 e. The molecule has 0 amide bonds. The SMILES string of the molecule is Cc1ccc(SCCCn2ccnc2)cc1.Cl. The quantitative estimate of drug-likeness (QED) is 0.606.